The molecule has 0 aromatic carbocycles. The van der Waals surface area contributed by atoms with Crippen LogP contribution in [-0.2, 0) is 4.79 Å². The lowest BCUT2D eigenvalue weighted by molar-refractivity contribution is -0.143. The van der Waals surface area contributed by atoms with Crippen LogP contribution in [0.5, 0.6) is 0 Å². The quantitative estimate of drug-likeness (QED) is 0.725. The van der Waals surface area contributed by atoms with Gasteiger partial charge in [-0.1, -0.05) is 13.8 Å². The first-order valence-electron chi connectivity index (χ1n) is 5.28. The zero-order valence-electron chi connectivity index (χ0n) is 9.19. The van der Waals surface area contributed by atoms with E-state index in [1.807, 2.05) is 13.8 Å². The molecule has 1 aliphatic heterocycles. The molecule has 1 atom stereocenters. The number of carbonyl (C=O) groups excluding carboxylic acids is 1. The Morgan fingerprint density at radius 1 is 1.60 bits per heavy atom. The van der Waals surface area contributed by atoms with Crippen molar-refractivity contribution in [1.82, 2.24) is 10.2 Å². The third-order valence-electron chi connectivity index (χ3n) is 2.71. The van der Waals surface area contributed by atoms with Gasteiger partial charge in [0.25, 0.3) is 0 Å². The molecule has 1 rings (SSSR count). The van der Waals surface area contributed by atoms with Crippen LogP contribution < -0.4 is 5.32 Å². The van der Waals surface area contributed by atoms with Gasteiger partial charge in [0.15, 0.2) is 0 Å². The third-order valence-corrected chi connectivity index (χ3v) is 2.71. The number of carboxylic acids is 1. The molecule has 1 aliphatic rings. The number of rotatable bonds is 4. The van der Waals surface area contributed by atoms with Crippen molar-refractivity contribution in [1.29, 1.82) is 0 Å². The van der Waals surface area contributed by atoms with Crippen molar-refractivity contribution in [2.75, 3.05) is 19.6 Å². The van der Waals surface area contributed by atoms with Crippen molar-refractivity contribution in [3.63, 3.8) is 0 Å². The predicted octanol–water partition coefficient (Wildman–Crippen LogP) is 0.759. The summed E-state index contributed by atoms with van der Waals surface area (Å²) in [4.78, 5) is 23.9. The van der Waals surface area contributed by atoms with Gasteiger partial charge in [-0.15, -0.1) is 0 Å². The normalized spacial score (nSPS) is 18.9. The van der Waals surface area contributed by atoms with Crippen LogP contribution >= 0.6 is 0 Å². The molecule has 1 heterocycles. The Bertz CT molecular complexity index is 253. The highest BCUT2D eigenvalue weighted by Gasteiger charge is 2.27. The molecule has 86 valence electrons. The van der Waals surface area contributed by atoms with Crippen molar-refractivity contribution >= 4 is 12.0 Å². The highest BCUT2D eigenvalue weighted by molar-refractivity contribution is 5.76. The van der Waals surface area contributed by atoms with E-state index in [-0.39, 0.29) is 11.9 Å². The number of nitrogens with one attached hydrogen (secondary N) is 1. The van der Waals surface area contributed by atoms with Crippen molar-refractivity contribution in [3.05, 3.63) is 0 Å². The number of nitrogens with zero attached hydrogens (tertiary/aromatic N) is 1. The highest BCUT2D eigenvalue weighted by atomic mass is 16.4. The number of carboxylic acid groups (broad SMARTS) is 1. The molecule has 1 unspecified atom stereocenters. The summed E-state index contributed by atoms with van der Waals surface area (Å²) in [5.74, 6) is -1.27. The molecule has 15 heavy (non-hydrogen) atoms. The summed E-state index contributed by atoms with van der Waals surface area (Å²) in [7, 11) is 0. The Labute approximate surface area is 89.4 Å². The third kappa shape index (κ3) is 3.11. The number of aliphatic carboxylic acids is 1. The fourth-order valence-electron chi connectivity index (χ4n) is 1.66. The zero-order valence-corrected chi connectivity index (χ0v) is 9.19. The number of amides is 2. The fourth-order valence-corrected chi connectivity index (χ4v) is 1.66. The van der Waals surface area contributed by atoms with Gasteiger partial charge in [-0.25, -0.2) is 4.79 Å². The Hall–Kier alpha value is -1.26. The van der Waals surface area contributed by atoms with Crippen LogP contribution in [0.25, 0.3) is 0 Å². The molecule has 0 aliphatic carbocycles. The van der Waals surface area contributed by atoms with Gasteiger partial charge in [-0.05, 0) is 12.3 Å². The van der Waals surface area contributed by atoms with E-state index in [9.17, 15) is 9.59 Å². The molecular weight excluding hydrogens is 196 g/mol. The Balaban J connectivity index is 2.56. The molecule has 0 radical (unpaired) electrons. The summed E-state index contributed by atoms with van der Waals surface area (Å²) in [6.45, 7) is 5.37. The molecule has 0 bridgehead atoms. The van der Waals surface area contributed by atoms with Crippen LogP contribution in [-0.4, -0.2) is 41.6 Å². The Morgan fingerprint density at radius 2 is 2.27 bits per heavy atom. The number of carbonyl (C=O) groups is 2. The standard InChI is InChI=1S/C10H18N2O3/c1-7(2)8(9(13)14)6-12-5-3-4-11-10(12)15/h7-8H,3-6H2,1-2H3,(H,11,15)(H,13,14). The second-order valence-electron chi connectivity index (χ2n) is 4.22. The number of hydrogen-bond donors (Lipinski definition) is 2. The summed E-state index contributed by atoms with van der Waals surface area (Å²) in [6.07, 6.45) is 0.885. The molecule has 5 heteroatoms. The Kier molecular flexibility index (Phi) is 3.94. The fraction of sp³-hybridized carbons (Fsp3) is 0.800. The Morgan fingerprint density at radius 3 is 2.73 bits per heavy atom. The van der Waals surface area contributed by atoms with E-state index in [0.717, 1.165) is 6.42 Å². The molecule has 5 nitrogen and oxygen atoms in total. The summed E-state index contributed by atoms with van der Waals surface area (Å²) in [5, 5.41) is 11.7. The largest absolute Gasteiger partial charge is 0.481 e. The second kappa shape index (κ2) is 5.00. The van der Waals surface area contributed by atoms with Crippen molar-refractivity contribution in [3.8, 4) is 0 Å². The first kappa shape index (κ1) is 11.8. The first-order chi connectivity index (χ1) is 7.02. The number of urea groups is 1. The summed E-state index contributed by atoms with van der Waals surface area (Å²) < 4.78 is 0. The van der Waals surface area contributed by atoms with Crippen LogP contribution in [0, 0.1) is 11.8 Å². The van der Waals surface area contributed by atoms with E-state index >= 15 is 0 Å². The molecule has 0 spiro atoms. The topological polar surface area (TPSA) is 69.6 Å². The molecule has 2 amide bonds. The van der Waals surface area contributed by atoms with Gasteiger partial charge in [0.1, 0.15) is 0 Å². The van der Waals surface area contributed by atoms with E-state index in [4.69, 9.17) is 5.11 Å². The zero-order chi connectivity index (χ0) is 11.4. The monoisotopic (exact) mass is 214 g/mol. The summed E-state index contributed by atoms with van der Waals surface area (Å²) >= 11 is 0. The van der Waals surface area contributed by atoms with E-state index < -0.39 is 11.9 Å². The van der Waals surface area contributed by atoms with E-state index in [0.29, 0.717) is 19.6 Å². The van der Waals surface area contributed by atoms with Crippen LogP contribution in [0.4, 0.5) is 4.79 Å². The average molecular weight is 214 g/mol. The van der Waals surface area contributed by atoms with Crippen LogP contribution in [0.15, 0.2) is 0 Å². The number of hydrogen-bond acceptors (Lipinski definition) is 2. The predicted molar refractivity (Wildman–Crippen MR) is 55.6 cm³/mol. The van der Waals surface area contributed by atoms with Gasteiger partial charge in [0.05, 0.1) is 5.92 Å². The van der Waals surface area contributed by atoms with Gasteiger partial charge >= 0.3 is 12.0 Å². The molecule has 0 aromatic heterocycles. The van der Waals surface area contributed by atoms with Gasteiger partial charge in [0.2, 0.25) is 0 Å². The van der Waals surface area contributed by atoms with Gasteiger partial charge in [-0.2, -0.15) is 0 Å². The maximum Gasteiger partial charge on any atom is 0.317 e. The van der Waals surface area contributed by atoms with Gasteiger partial charge in [-0.3, -0.25) is 4.79 Å². The summed E-state index contributed by atoms with van der Waals surface area (Å²) in [6, 6.07) is -0.145. The lowest BCUT2D eigenvalue weighted by Gasteiger charge is -2.30. The smallest absolute Gasteiger partial charge is 0.317 e. The van der Waals surface area contributed by atoms with E-state index in [2.05, 4.69) is 5.32 Å². The molecule has 0 aromatic rings. The molecule has 0 saturated carbocycles. The minimum atomic E-state index is -0.830. The maximum absolute atomic E-state index is 11.4. The lowest BCUT2D eigenvalue weighted by atomic mass is 9.95. The van der Waals surface area contributed by atoms with Crippen molar-refractivity contribution in [2.45, 2.75) is 20.3 Å². The SMILES string of the molecule is CC(C)C(CN1CCCNC1=O)C(=O)O. The van der Waals surface area contributed by atoms with Crippen LogP contribution in [0.1, 0.15) is 20.3 Å². The lowest BCUT2D eigenvalue weighted by Crippen LogP contribution is -2.49. The van der Waals surface area contributed by atoms with E-state index in [1.165, 1.54) is 0 Å². The summed E-state index contributed by atoms with van der Waals surface area (Å²) in [5.41, 5.74) is 0. The van der Waals surface area contributed by atoms with Crippen LogP contribution in [0.3, 0.4) is 0 Å². The van der Waals surface area contributed by atoms with Gasteiger partial charge in [0, 0.05) is 19.6 Å². The van der Waals surface area contributed by atoms with Crippen molar-refractivity contribution in [2.24, 2.45) is 11.8 Å². The minimum absolute atomic E-state index is 0.0391. The van der Waals surface area contributed by atoms with Crippen molar-refractivity contribution < 1.29 is 14.7 Å². The average Bonchev–Trinajstić information content (AvgIpc) is 2.15. The minimum Gasteiger partial charge on any atom is -0.481 e. The molecule has 1 saturated heterocycles. The second-order valence-corrected chi connectivity index (χ2v) is 4.22. The highest BCUT2D eigenvalue weighted by Crippen LogP contribution is 2.14. The van der Waals surface area contributed by atoms with E-state index in [1.54, 1.807) is 4.90 Å². The maximum atomic E-state index is 11.4. The van der Waals surface area contributed by atoms with Gasteiger partial charge < -0.3 is 15.3 Å². The first-order valence-corrected chi connectivity index (χ1v) is 5.28. The molecular formula is C10H18N2O3. The molecule has 1 fully saturated rings. The van der Waals surface area contributed by atoms with Crippen LogP contribution in [0.2, 0.25) is 0 Å². The molecule has 2 N–H and O–H groups in total.